The Balaban J connectivity index is 2.22. The molecule has 6 heteroatoms. The Kier molecular flexibility index (Phi) is 3.22. The van der Waals surface area contributed by atoms with Crippen LogP contribution in [-0.2, 0) is 0 Å². The van der Waals surface area contributed by atoms with Gasteiger partial charge in [-0.05, 0) is 47.0 Å². The van der Waals surface area contributed by atoms with Crippen molar-refractivity contribution in [3.05, 3.63) is 44.8 Å². The lowest BCUT2D eigenvalue weighted by Crippen LogP contribution is -1.99. The van der Waals surface area contributed by atoms with Crippen molar-refractivity contribution in [1.82, 2.24) is 9.97 Å². The van der Waals surface area contributed by atoms with Crippen LogP contribution in [0.15, 0.2) is 22.7 Å². The zero-order chi connectivity index (χ0) is 13.6. The molecule has 1 fully saturated rings. The highest BCUT2D eigenvalue weighted by atomic mass is 79.9. The van der Waals surface area contributed by atoms with Crippen molar-refractivity contribution >= 4 is 28.1 Å². The van der Waals surface area contributed by atoms with Crippen LogP contribution < -0.4 is 0 Å². The van der Waals surface area contributed by atoms with Gasteiger partial charge in [-0.2, -0.15) is 0 Å². The molecule has 0 spiro atoms. The van der Waals surface area contributed by atoms with Crippen molar-refractivity contribution < 1.29 is 8.78 Å². The van der Waals surface area contributed by atoms with Crippen LogP contribution in [0.4, 0.5) is 8.78 Å². The van der Waals surface area contributed by atoms with Gasteiger partial charge in [0.05, 0.1) is 15.7 Å². The lowest BCUT2D eigenvalue weighted by molar-refractivity contribution is 0.584. The molecule has 2 aromatic rings. The first-order chi connectivity index (χ1) is 9.06. The molecular weight excluding hydrogens is 334 g/mol. The Hall–Kier alpha value is -1.14. The third-order valence-electron chi connectivity index (χ3n) is 3.04. The Morgan fingerprint density at radius 3 is 2.74 bits per heavy atom. The van der Waals surface area contributed by atoms with E-state index in [1.807, 2.05) is 0 Å². The van der Waals surface area contributed by atoms with Gasteiger partial charge in [-0.3, -0.25) is 0 Å². The molecule has 0 aliphatic heterocycles. The number of rotatable bonds is 2. The van der Waals surface area contributed by atoms with Crippen LogP contribution in [0.1, 0.15) is 24.6 Å². The number of nitrogens with zero attached hydrogens (tertiary/aromatic N) is 1. The SMILES string of the molecule is Fc1ccc(Br)c(F)c1-c1cc(=S)nc(C2CC2)[nH]1. The van der Waals surface area contributed by atoms with E-state index in [4.69, 9.17) is 12.2 Å². The highest BCUT2D eigenvalue weighted by molar-refractivity contribution is 9.10. The first kappa shape index (κ1) is 12.9. The van der Waals surface area contributed by atoms with Gasteiger partial charge in [-0.25, -0.2) is 13.8 Å². The van der Waals surface area contributed by atoms with Crippen LogP contribution in [-0.4, -0.2) is 9.97 Å². The van der Waals surface area contributed by atoms with Crippen molar-refractivity contribution in [1.29, 1.82) is 0 Å². The number of benzene rings is 1. The Morgan fingerprint density at radius 1 is 1.32 bits per heavy atom. The summed E-state index contributed by atoms with van der Waals surface area (Å²) < 4.78 is 28.5. The molecule has 2 nitrogen and oxygen atoms in total. The maximum Gasteiger partial charge on any atom is 0.149 e. The Labute approximate surface area is 122 Å². The van der Waals surface area contributed by atoms with Crippen LogP contribution in [0, 0.1) is 16.3 Å². The van der Waals surface area contributed by atoms with Crippen LogP contribution in [0.2, 0.25) is 0 Å². The van der Waals surface area contributed by atoms with Gasteiger partial charge in [0.2, 0.25) is 0 Å². The largest absolute Gasteiger partial charge is 0.343 e. The summed E-state index contributed by atoms with van der Waals surface area (Å²) in [6.07, 6.45) is 2.07. The van der Waals surface area contributed by atoms with Gasteiger partial charge in [0.15, 0.2) is 0 Å². The fourth-order valence-electron chi connectivity index (χ4n) is 1.94. The molecule has 0 radical (unpaired) electrons. The van der Waals surface area contributed by atoms with Crippen LogP contribution in [0.3, 0.4) is 0 Å². The Morgan fingerprint density at radius 2 is 2.05 bits per heavy atom. The quantitative estimate of drug-likeness (QED) is 0.631. The van der Waals surface area contributed by atoms with Crippen molar-refractivity contribution in [2.45, 2.75) is 18.8 Å². The van der Waals surface area contributed by atoms with Gasteiger partial charge >= 0.3 is 0 Å². The summed E-state index contributed by atoms with van der Waals surface area (Å²) in [5.41, 5.74) is 0.225. The predicted octanol–water partition coefficient (Wildman–Crippen LogP) is 4.72. The van der Waals surface area contributed by atoms with E-state index in [0.29, 0.717) is 22.1 Å². The molecule has 0 unspecified atom stereocenters. The summed E-state index contributed by atoms with van der Waals surface area (Å²) in [4.78, 5) is 7.20. The normalized spacial score (nSPS) is 14.7. The number of hydrogen-bond donors (Lipinski definition) is 1. The predicted molar refractivity (Wildman–Crippen MR) is 74.4 cm³/mol. The highest BCUT2D eigenvalue weighted by Crippen LogP contribution is 2.39. The van der Waals surface area contributed by atoms with Gasteiger partial charge in [-0.15, -0.1) is 0 Å². The zero-order valence-corrected chi connectivity index (χ0v) is 12.1. The second-order valence-corrected chi connectivity index (χ2v) is 5.78. The monoisotopic (exact) mass is 342 g/mol. The molecule has 1 N–H and O–H groups in total. The lowest BCUT2D eigenvalue weighted by Gasteiger charge is -2.08. The molecule has 0 saturated heterocycles. The number of nitrogens with one attached hydrogen (secondary N) is 1. The average Bonchev–Trinajstić information content (AvgIpc) is 3.18. The van der Waals surface area contributed by atoms with Gasteiger partial charge in [0.25, 0.3) is 0 Å². The first-order valence-electron chi connectivity index (χ1n) is 5.81. The van der Waals surface area contributed by atoms with E-state index in [9.17, 15) is 8.78 Å². The minimum absolute atomic E-state index is 0.107. The zero-order valence-electron chi connectivity index (χ0n) is 9.71. The number of aromatic amines is 1. The first-order valence-corrected chi connectivity index (χ1v) is 7.01. The molecular formula is C13H9BrF2N2S. The summed E-state index contributed by atoms with van der Waals surface area (Å²) in [6, 6.07) is 4.04. The third-order valence-corrected chi connectivity index (χ3v) is 3.86. The van der Waals surface area contributed by atoms with Gasteiger partial charge in [-0.1, -0.05) is 12.2 Å². The molecule has 3 rings (SSSR count). The second kappa shape index (κ2) is 4.76. The maximum atomic E-state index is 14.1. The summed E-state index contributed by atoms with van der Waals surface area (Å²) in [5, 5.41) is 0. The fourth-order valence-corrected chi connectivity index (χ4v) is 2.48. The van der Waals surface area contributed by atoms with Crippen LogP contribution >= 0.6 is 28.1 Å². The van der Waals surface area contributed by atoms with E-state index in [1.165, 1.54) is 18.2 Å². The topological polar surface area (TPSA) is 28.7 Å². The van der Waals surface area contributed by atoms with Crippen LogP contribution in [0.5, 0.6) is 0 Å². The average molecular weight is 343 g/mol. The van der Waals surface area contributed by atoms with Crippen molar-refractivity contribution in [3.63, 3.8) is 0 Å². The number of halogens is 3. The van der Waals surface area contributed by atoms with E-state index >= 15 is 0 Å². The van der Waals surface area contributed by atoms with Gasteiger partial charge in [0.1, 0.15) is 22.1 Å². The standard InChI is InChI=1S/C13H9BrF2N2S/c14-7-3-4-8(15)11(12(7)16)9-5-10(19)18-13(17-9)6-1-2-6/h3-6H,1-2H2,(H,17,18,19). The molecule has 1 aliphatic rings. The summed E-state index contributed by atoms with van der Waals surface area (Å²) >= 11 is 8.12. The molecule has 0 amide bonds. The molecule has 98 valence electrons. The van der Waals surface area contributed by atoms with Crippen molar-refractivity contribution in [3.8, 4) is 11.3 Å². The molecule has 0 bridgehead atoms. The van der Waals surface area contributed by atoms with Crippen molar-refractivity contribution in [2.24, 2.45) is 0 Å². The minimum Gasteiger partial charge on any atom is -0.343 e. The summed E-state index contributed by atoms with van der Waals surface area (Å²) in [7, 11) is 0. The summed E-state index contributed by atoms with van der Waals surface area (Å²) in [5.74, 6) is -0.223. The number of hydrogen-bond acceptors (Lipinski definition) is 2. The van der Waals surface area contributed by atoms with Gasteiger partial charge < -0.3 is 4.98 Å². The molecule has 1 aliphatic carbocycles. The summed E-state index contributed by atoms with van der Waals surface area (Å²) in [6.45, 7) is 0. The van der Waals surface area contributed by atoms with E-state index in [1.54, 1.807) is 0 Å². The molecule has 1 aromatic carbocycles. The Bertz CT molecular complexity index is 710. The minimum atomic E-state index is -0.640. The molecule has 1 aromatic heterocycles. The van der Waals surface area contributed by atoms with E-state index in [2.05, 4.69) is 25.9 Å². The second-order valence-electron chi connectivity index (χ2n) is 4.51. The van der Waals surface area contributed by atoms with E-state index < -0.39 is 11.6 Å². The molecule has 19 heavy (non-hydrogen) atoms. The molecule has 1 heterocycles. The number of aromatic nitrogens is 2. The van der Waals surface area contributed by atoms with Crippen LogP contribution in [0.25, 0.3) is 11.3 Å². The number of H-pyrrole nitrogens is 1. The van der Waals surface area contributed by atoms with E-state index in [0.717, 1.165) is 12.8 Å². The highest BCUT2D eigenvalue weighted by Gasteiger charge is 2.27. The van der Waals surface area contributed by atoms with E-state index in [-0.39, 0.29) is 10.0 Å². The fraction of sp³-hybridized carbons (Fsp3) is 0.231. The van der Waals surface area contributed by atoms with Crippen molar-refractivity contribution in [2.75, 3.05) is 0 Å². The lowest BCUT2D eigenvalue weighted by atomic mass is 10.1. The maximum absolute atomic E-state index is 14.1. The molecule has 1 saturated carbocycles. The molecule has 0 atom stereocenters. The smallest absolute Gasteiger partial charge is 0.149 e. The third kappa shape index (κ3) is 2.47. The van der Waals surface area contributed by atoms with Gasteiger partial charge in [0, 0.05) is 5.92 Å².